The number of hydrogen-bond acceptors (Lipinski definition) is 3. The minimum Gasteiger partial charge on any atom is -0.481 e. The molecule has 2 N–H and O–H groups in total. The van der Waals surface area contributed by atoms with Gasteiger partial charge in [-0.1, -0.05) is 30.5 Å². The lowest BCUT2D eigenvalue weighted by Gasteiger charge is -2.38. The number of aryl methyl sites for hydroxylation is 1. The number of benzene rings is 1. The van der Waals surface area contributed by atoms with Gasteiger partial charge in [-0.3, -0.25) is 4.79 Å². The van der Waals surface area contributed by atoms with Crippen molar-refractivity contribution in [1.82, 2.24) is 4.72 Å². The summed E-state index contributed by atoms with van der Waals surface area (Å²) in [7, 11) is -3.69. The van der Waals surface area contributed by atoms with Gasteiger partial charge in [0.15, 0.2) is 0 Å². The molecule has 21 heavy (non-hydrogen) atoms. The van der Waals surface area contributed by atoms with E-state index < -0.39 is 27.4 Å². The molecule has 1 saturated carbocycles. The van der Waals surface area contributed by atoms with E-state index >= 15 is 0 Å². The number of rotatable bonds is 4. The third-order valence-corrected chi connectivity index (χ3v) is 5.81. The second-order valence-electron chi connectivity index (χ2n) is 5.96. The summed E-state index contributed by atoms with van der Waals surface area (Å²) in [5.74, 6) is -0.946. The molecule has 0 aromatic heterocycles. The second-order valence-corrected chi connectivity index (χ2v) is 7.67. The zero-order valence-corrected chi connectivity index (χ0v) is 13.1. The van der Waals surface area contributed by atoms with Gasteiger partial charge in [-0.25, -0.2) is 13.1 Å². The Morgan fingerprint density at radius 3 is 2.48 bits per heavy atom. The SMILES string of the molecule is Cc1ccc(S(=O)(=O)NC2CCCCC2(C)C(=O)O)cc1. The molecule has 116 valence electrons. The van der Waals surface area contributed by atoms with Crippen LogP contribution in [-0.4, -0.2) is 25.5 Å². The van der Waals surface area contributed by atoms with Crippen molar-refractivity contribution in [2.75, 3.05) is 0 Å². The topological polar surface area (TPSA) is 83.5 Å². The van der Waals surface area contributed by atoms with Crippen LogP contribution in [0.1, 0.15) is 38.2 Å². The van der Waals surface area contributed by atoms with E-state index in [2.05, 4.69) is 4.72 Å². The number of hydrogen-bond donors (Lipinski definition) is 2. The van der Waals surface area contributed by atoms with Gasteiger partial charge in [0, 0.05) is 6.04 Å². The van der Waals surface area contributed by atoms with Crippen molar-refractivity contribution in [1.29, 1.82) is 0 Å². The number of carboxylic acids is 1. The van der Waals surface area contributed by atoms with Gasteiger partial charge in [-0.2, -0.15) is 0 Å². The minimum atomic E-state index is -3.69. The van der Waals surface area contributed by atoms with E-state index in [0.717, 1.165) is 18.4 Å². The van der Waals surface area contributed by atoms with E-state index in [9.17, 15) is 18.3 Å². The van der Waals surface area contributed by atoms with Gasteiger partial charge in [0.05, 0.1) is 10.3 Å². The van der Waals surface area contributed by atoms with Crippen molar-refractivity contribution < 1.29 is 18.3 Å². The Morgan fingerprint density at radius 2 is 1.90 bits per heavy atom. The molecule has 0 aliphatic heterocycles. The Bertz CT molecular complexity index is 624. The largest absolute Gasteiger partial charge is 0.481 e. The van der Waals surface area contributed by atoms with Crippen LogP contribution in [0.3, 0.4) is 0 Å². The molecule has 0 radical (unpaired) electrons. The Balaban J connectivity index is 2.26. The predicted molar refractivity (Wildman–Crippen MR) is 79.5 cm³/mol. The van der Waals surface area contributed by atoms with Gasteiger partial charge in [-0.05, 0) is 38.8 Å². The van der Waals surface area contributed by atoms with Crippen LogP contribution < -0.4 is 4.72 Å². The fraction of sp³-hybridized carbons (Fsp3) is 0.533. The van der Waals surface area contributed by atoms with Crippen molar-refractivity contribution in [3.63, 3.8) is 0 Å². The quantitative estimate of drug-likeness (QED) is 0.893. The number of sulfonamides is 1. The summed E-state index contributed by atoms with van der Waals surface area (Å²) in [6, 6.07) is 5.96. The lowest BCUT2D eigenvalue weighted by Crippen LogP contribution is -2.52. The maximum atomic E-state index is 12.4. The van der Waals surface area contributed by atoms with Crippen molar-refractivity contribution in [2.45, 2.75) is 50.5 Å². The smallest absolute Gasteiger partial charge is 0.310 e. The Kier molecular flexibility index (Phi) is 4.39. The standard InChI is InChI=1S/C15H21NO4S/c1-11-6-8-12(9-7-11)21(19,20)16-13-5-3-4-10-15(13,2)14(17)18/h6-9,13,16H,3-5,10H2,1-2H3,(H,17,18). The molecule has 1 aliphatic rings. The predicted octanol–water partition coefficient (Wildman–Crippen LogP) is 2.31. The molecule has 1 aromatic rings. The van der Waals surface area contributed by atoms with Crippen LogP contribution >= 0.6 is 0 Å². The van der Waals surface area contributed by atoms with E-state index in [-0.39, 0.29) is 4.90 Å². The monoisotopic (exact) mass is 311 g/mol. The van der Waals surface area contributed by atoms with Gasteiger partial charge in [-0.15, -0.1) is 0 Å². The highest BCUT2D eigenvalue weighted by atomic mass is 32.2. The zero-order valence-electron chi connectivity index (χ0n) is 12.3. The number of carbonyl (C=O) groups is 1. The van der Waals surface area contributed by atoms with Gasteiger partial charge in [0.25, 0.3) is 0 Å². The van der Waals surface area contributed by atoms with E-state index in [1.165, 1.54) is 0 Å². The first-order chi connectivity index (χ1) is 9.75. The second kappa shape index (κ2) is 5.77. The third-order valence-electron chi connectivity index (χ3n) is 4.33. The average molecular weight is 311 g/mol. The molecule has 2 rings (SSSR count). The molecule has 0 heterocycles. The lowest BCUT2D eigenvalue weighted by atomic mass is 9.72. The fourth-order valence-corrected chi connectivity index (χ4v) is 4.13. The highest BCUT2D eigenvalue weighted by molar-refractivity contribution is 7.89. The minimum absolute atomic E-state index is 0.173. The molecule has 6 heteroatoms. The summed E-state index contributed by atoms with van der Waals surface area (Å²) in [5.41, 5.74) is -0.0716. The van der Waals surface area contributed by atoms with Gasteiger partial charge in [0.2, 0.25) is 10.0 Å². The highest BCUT2D eigenvalue weighted by Crippen LogP contribution is 2.37. The van der Waals surface area contributed by atoms with E-state index in [0.29, 0.717) is 12.8 Å². The van der Waals surface area contributed by atoms with Crippen LogP contribution in [0.25, 0.3) is 0 Å². The molecule has 5 nitrogen and oxygen atoms in total. The molecule has 0 amide bonds. The fourth-order valence-electron chi connectivity index (χ4n) is 2.75. The lowest BCUT2D eigenvalue weighted by molar-refractivity contribution is -0.151. The van der Waals surface area contributed by atoms with Gasteiger partial charge >= 0.3 is 5.97 Å². The first kappa shape index (κ1) is 16.0. The van der Waals surface area contributed by atoms with Crippen molar-refractivity contribution in [3.05, 3.63) is 29.8 Å². The van der Waals surface area contributed by atoms with Crippen LogP contribution in [0, 0.1) is 12.3 Å². The van der Waals surface area contributed by atoms with Crippen LogP contribution in [0.15, 0.2) is 29.2 Å². The summed E-state index contributed by atoms with van der Waals surface area (Å²) in [6.07, 6.45) is 2.69. The summed E-state index contributed by atoms with van der Waals surface area (Å²) in [6.45, 7) is 3.50. The molecular formula is C15H21NO4S. The molecule has 0 saturated heterocycles. The Morgan fingerprint density at radius 1 is 1.29 bits per heavy atom. The third kappa shape index (κ3) is 3.27. The van der Waals surface area contributed by atoms with Gasteiger partial charge in [0.1, 0.15) is 0 Å². The Hall–Kier alpha value is -1.40. The first-order valence-electron chi connectivity index (χ1n) is 7.08. The van der Waals surface area contributed by atoms with E-state index in [4.69, 9.17) is 0 Å². The molecular weight excluding hydrogens is 290 g/mol. The number of carboxylic acid groups (broad SMARTS) is 1. The van der Waals surface area contributed by atoms with Crippen LogP contribution in [0.5, 0.6) is 0 Å². The molecule has 1 fully saturated rings. The summed E-state index contributed by atoms with van der Waals surface area (Å²) < 4.78 is 27.4. The molecule has 0 bridgehead atoms. The van der Waals surface area contributed by atoms with Crippen molar-refractivity contribution in [2.24, 2.45) is 5.41 Å². The van der Waals surface area contributed by atoms with Crippen LogP contribution in [0.2, 0.25) is 0 Å². The molecule has 1 aromatic carbocycles. The first-order valence-corrected chi connectivity index (χ1v) is 8.56. The zero-order chi connectivity index (χ0) is 15.7. The normalized spacial score (nSPS) is 26.5. The van der Waals surface area contributed by atoms with Crippen LogP contribution in [0.4, 0.5) is 0 Å². The summed E-state index contributed by atoms with van der Waals surface area (Å²) in [5, 5.41) is 9.44. The number of aliphatic carboxylic acids is 1. The summed E-state index contributed by atoms with van der Waals surface area (Å²) in [4.78, 5) is 11.7. The molecule has 2 unspecified atom stereocenters. The maximum absolute atomic E-state index is 12.4. The maximum Gasteiger partial charge on any atom is 0.310 e. The van der Waals surface area contributed by atoms with E-state index in [1.807, 2.05) is 6.92 Å². The van der Waals surface area contributed by atoms with Crippen molar-refractivity contribution in [3.8, 4) is 0 Å². The summed E-state index contributed by atoms with van der Waals surface area (Å²) >= 11 is 0. The average Bonchev–Trinajstić information content (AvgIpc) is 2.41. The molecule has 2 atom stereocenters. The van der Waals surface area contributed by atoms with Gasteiger partial charge < -0.3 is 5.11 Å². The van der Waals surface area contributed by atoms with Crippen molar-refractivity contribution >= 4 is 16.0 Å². The molecule has 0 spiro atoms. The van der Waals surface area contributed by atoms with Crippen LogP contribution in [-0.2, 0) is 14.8 Å². The van der Waals surface area contributed by atoms with E-state index in [1.54, 1.807) is 31.2 Å². The molecule has 1 aliphatic carbocycles. The number of nitrogens with one attached hydrogen (secondary N) is 1. The highest BCUT2D eigenvalue weighted by Gasteiger charge is 2.44. The Labute approximate surface area is 125 Å².